The van der Waals surface area contributed by atoms with Crippen LogP contribution in [0.2, 0.25) is 0 Å². The molecule has 0 amide bonds. The molecule has 0 N–H and O–H groups in total. The highest BCUT2D eigenvalue weighted by molar-refractivity contribution is 6.29. The van der Waals surface area contributed by atoms with Gasteiger partial charge in [0.15, 0.2) is 0 Å². The van der Waals surface area contributed by atoms with Crippen LogP contribution in [-0.4, -0.2) is 0 Å². The van der Waals surface area contributed by atoms with Crippen molar-refractivity contribution >= 4 is 11.6 Å². The highest BCUT2D eigenvalue weighted by Crippen LogP contribution is 2.31. The summed E-state index contributed by atoms with van der Waals surface area (Å²) in [4.78, 5) is 0. The molecule has 1 heteroatoms. The molecule has 1 unspecified atom stereocenters. The molecule has 0 saturated heterocycles. The first-order chi connectivity index (χ1) is 5.70. The van der Waals surface area contributed by atoms with Crippen LogP contribution in [0.15, 0.2) is 23.3 Å². The molecule has 1 fully saturated rings. The molecular weight excluding hydrogens is 168 g/mol. The van der Waals surface area contributed by atoms with Gasteiger partial charge in [-0.15, -0.1) is 0 Å². The van der Waals surface area contributed by atoms with Crippen LogP contribution < -0.4 is 0 Å². The fourth-order valence-corrected chi connectivity index (χ4v) is 1.83. The van der Waals surface area contributed by atoms with Crippen molar-refractivity contribution in [3.05, 3.63) is 23.3 Å². The van der Waals surface area contributed by atoms with Crippen molar-refractivity contribution < 1.29 is 0 Å². The van der Waals surface area contributed by atoms with E-state index in [0.29, 0.717) is 5.92 Å². The molecule has 0 aromatic rings. The average molecular weight is 185 g/mol. The molecule has 1 rings (SSSR count). The minimum Gasteiger partial charge on any atom is -0.0996 e. The van der Waals surface area contributed by atoms with Gasteiger partial charge in [0, 0.05) is 5.03 Å². The minimum atomic E-state index is 0.701. The van der Waals surface area contributed by atoms with Gasteiger partial charge in [-0.1, -0.05) is 36.2 Å². The van der Waals surface area contributed by atoms with Crippen molar-refractivity contribution in [2.45, 2.75) is 39.0 Å². The third-order valence-electron chi connectivity index (χ3n) is 2.56. The van der Waals surface area contributed by atoms with E-state index >= 15 is 0 Å². The fourth-order valence-electron chi connectivity index (χ4n) is 1.74. The highest BCUT2D eigenvalue weighted by Gasteiger charge is 2.15. The van der Waals surface area contributed by atoms with E-state index in [-0.39, 0.29) is 0 Å². The summed E-state index contributed by atoms with van der Waals surface area (Å²) in [6.07, 6.45) is 8.42. The van der Waals surface area contributed by atoms with Gasteiger partial charge in [0.25, 0.3) is 0 Å². The molecule has 0 heterocycles. The van der Waals surface area contributed by atoms with E-state index in [2.05, 4.69) is 12.7 Å². The van der Waals surface area contributed by atoms with Gasteiger partial charge in [-0.05, 0) is 38.5 Å². The van der Waals surface area contributed by atoms with E-state index in [0.717, 1.165) is 11.5 Å². The predicted octanol–water partition coefficient (Wildman–Crippen LogP) is 4.27. The fraction of sp³-hybridized carbons (Fsp3) is 0.636. The standard InChI is InChI=1S/C11H17Cl/c1-9-5-3-4-6-11(9)8-7-10(2)12/h7,11H,1,3-6,8H2,2H3/b10-7+. The number of halogens is 1. The topological polar surface area (TPSA) is 0 Å². The first-order valence-electron chi connectivity index (χ1n) is 4.70. The number of hydrogen-bond donors (Lipinski definition) is 0. The van der Waals surface area contributed by atoms with Gasteiger partial charge in [-0.2, -0.15) is 0 Å². The lowest BCUT2D eigenvalue weighted by molar-refractivity contribution is 0.458. The van der Waals surface area contributed by atoms with Gasteiger partial charge < -0.3 is 0 Å². The van der Waals surface area contributed by atoms with E-state index in [1.807, 2.05) is 6.92 Å². The zero-order chi connectivity index (χ0) is 8.97. The van der Waals surface area contributed by atoms with Gasteiger partial charge >= 0.3 is 0 Å². The van der Waals surface area contributed by atoms with Crippen LogP contribution in [0.5, 0.6) is 0 Å². The summed E-state index contributed by atoms with van der Waals surface area (Å²) in [6, 6.07) is 0. The van der Waals surface area contributed by atoms with Crippen LogP contribution in [0.4, 0.5) is 0 Å². The Hall–Kier alpha value is -0.230. The Balaban J connectivity index is 2.39. The first-order valence-corrected chi connectivity index (χ1v) is 5.08. The molecule has 1 saturated carbocycles. The Morgan fingerprint density at radius 1 is 1.67 bits per heavy atom. The van der Waals surface area contributed by atoms with Gasteiger partial charge in [0.2, 0.25) is 0 Å². The summed E-state index contributed by atoms with van der Waals surface area (Å²) < 4.78 is 0. The maximum absolute atomic E-state index is 5.78. The molecule has 0 nitrogen and oxygen atoms in total. The lowest BCUT2D eigenvalue weighted by atomic mass is 9.83. The van der Waals surface area contributed by atoms with Crippen molar-refractivity contribution in [1.82, 2.24) is 0 Å². The highest BCUT2D eigenvalue weighted by atomic mass is 35.5. The van der Waals surface area contributed by atoms with E-state index in [1.54, 1.807) is 0 Å². The monoisotopic (exact) mass is 184 g/mol. The Kier molecular flexibility index (Phi) is 3.87. The maximum Gasteiger partial charge on any atom is 0.0110 e. The molecule has 0 aromatic carbocycles. The van der Waals surface area contributed by atoms with Crippen LogP contribution >= 0.6 is 11.6 Å². The summed E-state index contributed by atoms with van der Waals surface area (Å²) in [7, 11) is 0. The van der Waals surface area contributed by atoms with Crippen molar-refractivity contribution in [3.8, 4) is 0 Å². The molecule has 0 aliphatic heterocycles. The first kappa shape index (κ1) is 9.85. The zero-order valence-electron chi connectivity index (χ0n) is 7.78. The van der Waals surface area contributed by atoms with Crippen molar-refractivity contribution in [3.63, 3.8) is 0 Å². The molecule has 0 bridgehead atoms. The second-order valence-corrected chi connectivity index (χ2v) is 4.22. The Bertz CT molecular complexity index is 187. The predicted molar refractivity (Wildman–Crippen MR) is 55.3 cm³/mol. The van der Waals surface area contributed by atoms with Crippen LogP contribution in [0, 0.1) is 5.92 Å². The number of rotatable bonds is 2. The van der Waals surface area contributed by atoms with E-state index in [1.165, 1.54) is 31.3 Å². The van der Waals surface area contributed by atoms with E-state index in [4.69, 9.17) is 11.6 Å². The molecule has 12 heavy (non-hydrogen) atoms. The van der Waals surface area contributed by atoms with Crippen LogP contribution in [0.3, 0.4) is 0 Å². The van der Waals surface area contributed by atoms with Gasteiger partial charge in [0.1, 0.15) is 0 Å². The summed E-state index contributed by atoms with van der Waals surface area (Å²) in [6.45, 7) is 6.04. The van der Waals surface area contributed by atoms with Gasteiger partial charge in [-0.25, -0.2) is 0 Å². The summed E-state index contributed by atoms with van der Waals surface area (Å²) in [5, 5.41) is 0.911. The van der Waals surface area contributed by atoms with Crippen LogP contribution in [-0.2, 0) is 0 Å². The Labute approximate surface area is 80.3 Å². The Morgan fingerprint density at radius 2 is 2.42 bits per heavy atom. The summed E-state index contributed by atoms with van der Waals surface area (Å²) in [5.74, 6) is 0.701. The van der Waals surface area contributed by atoms with Crippen LogP contribution in [0.25, 0.3) is 0 Å². The Morgan fingerprint density at radius 3 is 3.00 bits per heavy atom. The van der Waals surface area contributed by atoms with Gasteiger partial charge in [0.05, 0.1) is 0 Å². The lowest BCUT2D eigenvalue weighted by Gasteiger charge is -2.23. The molecule has 0 spiro atoms. The second kappa shape index (κ2) is 4.71. The second-order valence-electron chi connectivity index (χ2n) is 3.63. The molecule has 1 aliphatic rings. The quantitative estimate of drug-likeness (QED) is 0.563. The molecule has 68 valence electrons. The normalized spacial score (nSPS) is 26.0. The molecule has 1 aliphatic carbocycles. The average Bonchev–Trinajstić information content (AvgIpc) is 2.03. The summed E-state index contributed by atoms with van der Waals surface area (Å²) >= 11 is 5.78. The smallest absolute Gasteiger partial charge is 0.0110 e. The largest absolute Gasteiger partial charge is 0.0996 e. The van der Waals surface area contributed by atoms with Crippen LogP contribution in [0.1, 0.15) is 39.0 Å². The number of allylic oxidation sites excluding steroid dienone is 3. The van der Waals surface area contributed by atoms with Crippen molar-refractivity contribution in [1.29, 1.82) is 0 Å². The molecule has 1 atom stereocenters. The third kappa shape index (κ3) is 3.02. The summed E-state index contributed by atoms with van der Waals surface area (Å²) in [5.41, 5.74) is 1.43. The van der Waals surface area contributed by atoms with Crippen molar-refractivity contribution in [2.75, 3.05) is 0 Å². The molecular formula is C11H17Cl. The van der Waals surface area contributed by atoms with Gasteiger partial charge in [-0.3, -0.25) is 0 Å². The lowest BCUT2D eigenvalue weighted by Crippen LogP contribution is -2.07. The minimum absolute atomic E-state index is 0.701. The van der Waals surface area contributed by atoms with E-state index in [9.17, 15) is 0 Å². The van der Waals surface area contributed by atoms with Crippen molar-refractivity contribution in [2.24, 2.45) is 5.92 Å². The molecule has 0 aromatic heterocycles. The molecule has 0 radical (unpaired) electrons. The maximum atomic E-state index is 5.78. The van der Waals surface area contributed by atoms with E-state index < -0.39 is 0 Å². The zero-order valence-corrected chi connectivity index (χ0v) is 8.53. The number of hydrogen-bond acceptors (Lipinski definition) is 0. The SMILES string of the molecule is C=C1CCCCC1C/C=C(\C)Cl. The third-order valence-corrected chi connectivity index (χ3v) is 2.72.